The van der Waals surface area contributed by atoms with Crippen molar-refractivity contribution in [3.8, 4) is 11.5 Å². The predicted octanol–water partition coefficient (Wildman–Crippen LogP) is 4.16. The highest BCUT2D eigenvalue weighted by molar-refractivity contribution is 5.97. The van der Waals surface area contributed by atoms with Crippen LogP contribution in [0.3, 0.4) is 0 Å². The van der Waals surface area contributed by atoms with Crippen LogP contribution in [0.25, 0.3) is 10.9 Å². The van der Waals surface area contributed by atoms with Gasteiger partial charge in [0.25, 0.3) is 0 Å². The van der Waals surface area contributed by atoms with Crippen molar-refractivity contribution in [2.24, 2.45) is 11.3 Å². The number of ether oxygens (including phenoxy) is 4. The third-order valence-electron chi connectivity index (χ3n) is 8.11. The van der Waals surface area contributed by atoms with Gasteiger partial charge in [-0.05, 0) is 57.7 Å². The summed E-state index contributed by atoms with van der Waals surface area (Å²) in [5.41, 5.74) is -2.12. The first kappa shape index (κ1) is 34.5. The van der Waals surface area contributed by atoms with Crippen LogP contribution in [0.4, 0.5) is 4.79 Å². The fraction of sp³-hybridized carbons (Fsp3) is 0.559. The number of benzene rings is 1. The molecule has 12 nitrogen and oxygen atoms in total. The Hall–Kier alpha value is -4.35. The van der Waals surface area contributed by atoms with Gasteiger partial charge in [0.15, 0.2) is 0 Å². The van der Waals surface area contributed by atoms with Crippen LogP contribution < -0.4 is 20.1 Å². The molecule has 1 aromatic heterocycles. The lowest BCUT2D eigenvalue weighted by atomic mass is 9.85. The summed E-state index contributed by atoms with van der Waals surface area (Å²) in [5.74, 6) is -0.673. The van der Waals surface area contributed by atoms with E-state index in [9.17, 15) is 19.2 Å². The maximum atomic E-state index is 14.3. The van der Waals surface area contributed by atoms with E-state index in [1.165, 1.54) is 4.90 Å². The minimum atomic E-state index is -1.25. The molecule has 1 aromatic carbocycles. The number of nitrogens with zero attached hydrogens (tertiary/aromatic N) is 2. The van der Waals surface area contributed by atoms with Gasteiger partial charge in [-0.15, -0.1) is 6.58 Å². The van der Waals surface area contributed by atoms with Gasteiger partial charge in [-0.25, -0.2) is 9.59 Å². The number of carbonyl (C=O) groups is 4. The summed E-state index contributed by atoms with van der Waals surface area (Å²) in [4.78, 5) is 60.0. The summed E-state index contributed by atoms with van der Waals surface area (Å²) in [5, 5.41) is 6.35. The highest BCUT2D eigenvalue weighted by Gasteiger charge is 2.62. The largest absolute Gasteiger partial charge is 0.497 e. The van der Waals surface area contributed by atoms with Gasteiger partial charge in [0.05, 0.1) is 25.8 Å². The number of hydrogen-bond acceptors (Lipinski definition) is 9. The van der Waals surface area contributed by atoms with Crippen LogP contribution in [-0.4, -0.2) is 83.3 Å². The molecule has 0 bridgehead atoms. The van der Waals surface area contributed by atoms with Crippen LogP contribution in [0, 0.1) is 11.3 Å². The second kappa shape index (κ2) is 13.2. The Bertz CT molecular complexity index is 1500. The lowest BCUT2D eigenvalue weighted by Crippen LogP contribution is -2.59. The van der Waals surface area contributed by atoms with Gasteiger partial charge in [-0.3, -0.25) is 14.6 Å². The topological polar surface area (TPSA) is 145 Å². The van der Waals surface area contributed by atoms with Gasteiger partial charge in [0.2, 0.25) is 11.8 Å². The van der Waals surface area contributed by atoms with E-state index in [0.717, 1.165) is 5.39 Å². The number of alkyl carbamates (subject to hydrolysis) is 1. The van der Waals surface area contributed by atoms with Crippen molar-refractivity contribution >= 4 is 34.8 Å². The lowest BCUT2D eigenvalue weighted by Gasteiger charge is -2.36. The number of methoxy groups -OCH3 is 1. The van der Waals surface area contributed by atoms with Crippen molar-refractivity contribution in [2.75, 3.05) is 20.3 Å². The Morgan fingerprint density at radius 3 is 2.46 bits per heavy atom. The predicted molar refractivity (Wildman–Crippen MR) is 171 cm³/mol. The van der Waals surface area contributed by atoms with Crippen molar-refractivity contribution in [3.05, 3.63) is 43.1 Å². The Balaban J connectivity index is 1.66. The minimum Gasteiger partial charge on any atom is -0.497 e. The number of nitrogens with one attached hydrogen (secondary N) is 2. The first-order valence-corrected chi connectivity index (χ1v) is 15.5. The molecule has 12 heteroatoms. The van der Waals surface area contributed by atoms with E-state index < -0.39 is 58.6 Å². The third kappa shape index (κ3) is 7.54. The van der Waals surface area contributed by atoms with Gasteiger partial charge < -0.3 is 34.5 Å². The molecule has 1 aliphatic carbocycles. The molecule has 2 fully saturated rings. The number of esters is 1. The molecule has 5 atom stereocenters. The van der Waals surface area contributed by atoms with Crippen molar-refractivity contribution in [2.45, 2.75) is 90.6 Å². The zero-order valence-electron chi connectivity index (χ0n) is 28.0. The average molecular weight is 639 g/mol. The number of carbonyl (C=O) groups excluding carboxylic acids is 4. The second-order valence-electron chi connectivity index (χ2n) is 13.8. The minimum absolute atomic E-state index is 0.0523. The molecule has 4 rings (SSSR count). The Labute approximate surface area is 270 Å². The monoisotopic (exact) mass is 638 g/mol. The Morgan fingerprint density at radius 2 is 1.87 bits per heavy atom. The van der Waals surface area contributed by atoms with Crippen LogP contribution in [-0.2, 0) is 23.9 Å². The van der Waals surface area contributed by atoms with Gasteiger partial charge in [0, 0.05) is 30.0 Å². The van der Waals surface area contributed by atoms with E-state index in [-0.39, 0.29) is 25.5 Å². The fourth-order valence-electron chi connectivity index (χ4n) is 5.69. The smallest absolute Gasteiger partial charge is 0.408 e. The van der Waals surface area contributed by atoms with Crippen molar-refractivity contribution < 1.29 is 38.1 Å². The maximum Gasteiger partial charge on any atom is 0.408 e. The summed E-state index contributed by atoms with van der Waals surface area (Å²) in [6, 6.07) is 5.11. The Kier molecular flexibility index (Phi) is 9.89. The molecule has 3 amide bonds. The standard InChI is InChI=1S/C34H46N4O8/c1-10-20-18-34(20,30(41)44-11-2)37-28(39)25-17-22(45-26-14-15-35-24-16-21(43-9)12-13-23(24)26)19-38(25)29(40)27(32(3,4)5)36-31(42)46-33(6,7)8/h10,12-16,20,22,25,27H,1,11,17-19H2,2-9H3,(H,36,42)(H,37,39). The first-order valence-electron chi connectivity index (χ1n) is 15.5. The normalized spacial score (nSPS) is 23.2. The number of hydrogen-bond donors (Lipinski definition) is 2. The SMILES string of the molecule is C=CC1CC1(NC(=O)C1CC(Oc2ccnc3cc(OC)ccc23)CN1C(=O)C(NC(=O)OC(C)(C)C)C(C)(C)C)C(=O)OCC. The molecular formula is C34H46N4O8. The fourth-order valence-corrected chi connectivity index (χ4v) is 5.69. The number of likely N-dealkylation sites (tertiary alicyclic amines) is 1. The molecule has 1 saturated carbocycles. The lowest BCUT2D eigenvalue weighted by molar-refractivity contribution is -0.150. The van der Waals surface area contributed by atoms with E-state index in [1.54, 1.807) is 65.3 Å². The zero-order valence-corrected chi connectivity index (χ0v) is 28.0. The Morgan fingerprint density at radius 1 is 1.15 bits per heavy atom. The van der Waals surface area contributed by atoms with E-state index >= 15 is 0 Å². The molecule has 2 aromatic rings. The summed E-state index contributed by atoms with van der Waals surface area (Å²) in [6.45, 7) is 16.3. The van der Waals surface area contributed by atoms with Crippen LogP contribution in [0.1, 0.15) is 61.3 Å². The number of fused-ring (bicyclic) bond motifs is 1. The zero-order chi connectivity index (χ0) is 34.0. The van der Waals surface area contributed by atoms with E-state index in [4.69, 9.17) is 18.9 Å². The second-order valence-corrected chi connectivity index (χ2v) is 13.8. The molecule has 1 saturated heterocycles. The number of pyridine rings is 1. The molecule has 0 spiro atoms. The molecule has 0 radical (unpaired) electrons. The van der Waals surface area contributed by atoms with Gasteiger partial charge >= 0.3 is 12.1 Å². The molecule has 1 aliphatic heterocycles. The highest BCUT2D eigenvalue weighted by Crippen LogP contribution is 2.46. The van der Waals surface area contributed by atoms with Crippen molar-refractivity contribution in [1.29, 1.82) is 0 Å². The quantitative estimate of drug-likeness (QED) is 0.290. The van der Waals surface area contributed by atoms with Crippen molar-refractivity contribution in [1.82, 2.24) is 20.5 Å². The first-order chi connectivity index (χ1) is 21.5. The average Bonchev–Trinajstić information content (AvgIpc) is 3.53. The molecule has 250 valence electrons. The summed E-state index contributed by atoms with van der Waals surface area (Å²) >= 11 is 0. The number of amides is 3. The van der Waals surface area contributed by atoms with E-state index in [2.05, 4.69) is 22.2 Å². The number of rotatable bonds is 10. The van der Waals surface area contributed by atoms with Gasteiger partial charge in [0.1, 0.15) is 40.8 Å². The molecule has 2 aliphatic rings. The van der Waals surface area contributed by atoms with Crippen LogP contribution in [0.15, 0.2) is 43.1 Å². The molecular weight excluding hydrogens is 592 g/mol. The van der Waals surface area contributed by atoms with E-state index in [1.807, 2.05) is 26.8 Å². The molecule has 2 N–H and O–H groups in total. The molecule has 2 heterocycles. The summed E-state index contributed by atoms with van der Waals surface area (Å²) < 4.78 is 22.5. The summed E-state index contributed by atoms with van der Waals surface area (Å²) in [6.07, 6.45) is 2.37. The van der Waals surface area contributed by atoms with E-state index in [0.29, 0.717) is 23.4 Å². The molecule has 5 unspecified atom stereocenters. The van der Waals surface area contributed by atoms with Crippen LogP contribution in [0.5, 0.6) is 11.5 Å². The summed E-state index contributed by atoms with van der Waals surface area (Å²) in [7, 11) is 1.57. The maximum absolute atomic E-state index is 14.3. The van der Waals surface area contributed by atoms with Crippen molar-refractivity contribution in [3.63, 3.8) is 0 Å². The number of aromatic nitrogens is 1. The molecule has 46 heavy (non-hydrogen) atoms. The van der Waals surface area contributed by atoms with Crippen LogP contribution in [0.2, 0.25) is 0 Å². The highest BCUT2D eigenvalue weighted by atomic mass is 16.6. The third-order valence-corrected chi connectivity index (χ3v) is 8.11. The van der Waals surface area contributed by atoms with Gasteiger partial charge in [-0.2, -0.15) is 0 Å². The van der Waals surface area contributed by atoms with Gasteiger partial charge in [-0.1, -0.05) is 26.8 Å². The van der Waals surface area contributed by atoms with Crippen LogP contribution >= 0.6 is 0 Å².